The van der Waals surface area contributed by atoms with E-state index >= 15 is 0 Å². The fourth-order valence-corrected chi connectivity index (χ4v) is 2.51. The third-order valence-corrected chi connectivity index (χ3v) is 3.45. The molecule has 1 aliphatic carbocycles. The Morgan fingerprint density at radius 2 is 2.28 bits per heavy atom. The zero-order valence-electron chi connectivity index (χ0n) is 11.5. The number of allylic oxidation sites excluding steroid dienone is 9. The van der Waals surface area contributed by atoms with Crippen LogP contribution in [0.4, 0.5) is 0 Å². The molecular formula is C17H25N. The van der Waals surface area contributed by atoms with Crippen LogP contribution in [0.1, 0.15) is 33.1 Å². The predicted molar refractivity (Wildman–Crippen MR) is 81.0 cm³/mol. The van der Waals surface area contributed by atoms with Gasteiger partial charge in [-0.15, -0.1) is 0 Å². The maximum Gasteiger partial charge on any atom is -0.00625 e. The molecule has 1 heteroatoms. The zero-order valence-corrected chi connectivity index (χ0v) is 11.5. The van der Waals surface area contributed by atoms with Crippen molar-refractivity contribution in [2.45, 2.75) is 33.1 Å². The molecule has 98 valence electrons. The van der Waals surface area contributed by atoms with Gasteiger partial charge in [0, 0.05) is 0 Å². The lowest BCUT2D eigenvalue weighted by Crippen LogP contribution is -2.15. The van der Waals surface area contributed by atoms with Crippen LogP contribution in [0.2, 0.25) is 0 Å². The molecule has 1 aliphatic rings. The van der Waals surface area contributed by atoms with E-state index in [9.17, 15) is 0 Å². The van der Waals surface area contributed by atoms with Gasteiger partial charge in [-0.3, -0.25) is 0 Å². The van der Waals surface area contributed by atoms with E-state index in [0.29, 0.717) is 11.8 Å². The van der Waals surface area contributed by atoms with E-state index in [0.717, 1.165) is 12.8 Å². The topological polar surface area (TPSA) is 26.0 Å². The Kier molecular flexibility index (Phi) is 6.93. The molecule has 0 spiro atoms. The second-order valence-corrected chi connectivity index (χ2v) is 4.63. The van der Waals surface area contributed by atoms with E-state index in [-0.39, 0.29) is 0 Å². The van der Waals surface area contributed by atoms with Crippen molar-refractivity contribution in [1.29, 1.82) is 0 Å². The molecule has 1 rings (SSSR count). The van der Waals surface area contributed by atoms with E-state index < -0.39 is 0 Å². The maximum atomic E-state index is 5.32. The van der Waals surface area contributed by atoms with Crippen molar-refractivity contribution in [3.63, 3.8) is 0 Å². The molecule has 0 aromatic rings. The molecule has 1 nitrogen and oxygen atoms in total. The van der Waals surface area contributed by atoms with E-state index in [4.69, 9.17) is 5.73 Å². The van der Waals surface area contributed by atoms with Gasteiger partial charge in [0.05, 0.1) is 0 Å². The van der Waals surface area contributed by atoms with Crippen LogP contribution in [-0.2, 0) is 0 Å². The number of rotatable bonds is 6. The summed E-state index contributed by atoms with van der Waals surface area (Å²) < 4.78 is 0. The summed E-state index contributed by atoms with van der Waals surface area (Å²) in [5.41, 5.74) is 6.85. The van der Waals surface area contributed by atoms with Gasteiger partial charge in [0.1, 0.15) is 0 Å². The highest BCUT2D eigenvalue weighted by molar-refractivity contribution is 5.25. The van der Waals surface area contributed by atoms with Crippen molar-refractivity contribution in [2.75, 3.05) is 0 Å². The average Bonchev–Trinajstić information content (AvgIpc) is 2.42. The normalized spacial score (nSPS) is 22.1. The van der Waals surface area contributed by atoms with Crippen LogP contribution in [0.5, 0.6) is 0 Å². The molecule has 0 aromatic heterocycles. The summed E-state index contributed by atoms with van der Waals surface area (Å²) in [5.74, 6) is 1.31. The Labute approximate surface area is 111 Å². The molecule has 0 saturated heterocycles. The van der Waals surface area contributed by atoms with Gasteiger partial charge >= 0.3 is 0 Å². The van der Waals surface area contributed by atoms with Crippen LogP contribution in [0.25, 0.3) is 0 Å². The van der Waals surface area contributed by atoms with E-state index in [1.165, 1.54) is 12.0 Å². The first-order chi connectivity index (χ1) is 8.83. The first-order valence-corrected chi connectivity index (χ1v) is 6.85. The molecule has 2 unspecified atom stereocenters. The fraction of sp³-hybridized carbons (Fsp3) is 0.412. The largest absolute Gasteiger partial charge is 0.405 e. The number of nitrogens with two attached hydrogens (primary N) is 1. The molecule has 0 amide bonds. The molecular weight excluding hydrogens is 218 g/mol. The SMILES string of the molecule is CC=CC(CC)C1CC=CC=C1C/C=C\C=C/N. The zero-order chi connectivity index (χ0) is 13.2. The number of hydrogen-bond donors (Lipinski definition) is 1. The molecule has 0 bridgehead atoms. The lowest BCUT2D eigenvalue weighted by Gasteiger charge is -2.27. The van der Waals surface area contributed by atoms with Crippen LogP contribution in [-0.4, -0.2) is 0 Å². The summed E-state index contributed by atoms with van der Waals surface area (Å²) in [6, 6.07) is 0. The van der Waals surface area contributed by atoms with E-state index in [1.54, 1.807) is 6.20 Å². The van der Waals surface area contributed by atoms with Gasteiger partial charge in [-0.1, -0.05) is 55.0 Å². The van der Waals surface area contributed by atoms with Gasteiger partial charge in [0.25, 0.3) is 0 Å². The average molecular weight is 243 g/mol. The quantitative estimate of drug-likeness (QED) is 0.539. The maximum absolute atomic E-state index is 5.32. The van der Waals surface area contributed by atoms with Crippen LogP contribution in [0.3, 0.4) is 0 Å². The van der Waals surface area contributed by atoms with Gasteiger partial charge in [0.15, 0.2) is 0 Å². The molecule has 0 fully saturated rings. The molecule has 0 aliphatic heterocycles. The summed E-state index contributed by atoms with van der Waals surface area (Å²) in [7, 11) is 0. The van der Waals surface area contributed by atoms with E-state index in [1.807, 2.05) is 12.2 Å². The highest BCUT2D eigenvalue weighted by atomic mass is 14.5. The van der Waals surface area contributed by atoms with E-state index in [2.05, 4.69) is 50.3 Å². The molecule has 2 N–H and O–H groups in total. The molecule has 18 heavy (non-hydrogen) atoms. The summed E-state index contributed by atoms with van der Waals surface area (Å²) in [6.45, 7) is 4.38. The van der Waals surface area contributed by atoms with Gasteiger partial charge in [-0.2, -0.15) is 0 Å². The van der Waals surface area contributed by atoms with Crippen LogP contribution < -0.4 is 5.73 Å². The monoisotopic (exact) mass is 243 g/mol. The van der Waals surface area contributed by atoms with Crippen LogP contribution in [0.15, 0.2) is 60.4 Å². The van der Waals surface area contributed by atoms with Gasteiger partial charge in [-0.05, 0) is 50.3 Å². The van der Waals surface area contributed by atoms with Crippen LogP contribution >= 0.6 is 0 Å². The molecule has 0 aromatic carbocycles. The third-order valence-electron chi connectivity index (χ3n) is 3.45. The van der Waals surface area contributed by atoms with Crippen molar-refractivity contribution in [2.24, 2.45) is 17.6 Å². The summed E-state index contributed by atoms with van der Waals surface area (Å²) in [4.78, 5) is 0. The Hall–Kier alpha value is -1.50. The minimum Gasteiger partial charge on any atom is -0.405 e. The van der Waals surface area contributed by atoms with Gasteiger partial charge in [-0.25, -0.2) is 0 Å². The molecule has 0 saturated carbocycles. The minimum atomic E-state index is 0.655. The Bertz CT molecular complexity index is 369. The minimum absolute atomic E-state index is 0.655. The summed E-state index contributed by atoms with van der Waals surface area (Å²) in [5, 5.41) is 0. The Balaban J connectivity index is 2.71. The lowest BCUT2D eigenvalue weighted by molar-refractivity contribution is 0.435. The van der Waals surface area contributed by atoms with Gasteiger partial charge in [0.2, 0.25) is 0 Å². The lowest BCUT2D eigenvalue weighted by atomic mass is 9.78. The highest BCUT2D eigenvalue weighted by Gasteiger charge is 2.21. The second-order valence-electron chi connectivity index (χ2n) is 4.63. The summed E-state index contributed by atoms with van der Waals surface area (Å²) in [6.07, 6.45) is 22.3. The van der Waals surface area contributed by atoms with Crippen molar-refractivity contribution in [3.05, 3.63) is 60.4 Å². The summed E-state index contributed by atoms with van der Waals surface area (Å²) >= 11 is 0. The predicted octanol–water partition coefficient (Wildman–Crippen LogP) is 4.51. The van der Waals surface area contributed by atoms with Crippen molar-refractivity contribution in [1.82, 2.24) is 0 Å². The number of hydrogen-bond acceptors (Lipinski definition) is 1. The molecule has 2 atom stereocenters. The first kappa shape index (κ1) is 14.6. The van der Waals surface area contributed by atoms with Gasteiger partial charge < -0.3 is 5.73 Å². The molecule has 0 radical (unpaired) electrons. The van der Waals surface area contributed by atoms with Crippen molar-refractivity contribution in [3.8, 4) is 0 Å². The third kappa shape index (κ3) is 4.40. The van der Waals surface area contributed by atoms with Crippen molar-refractivity contribution >= 4 is 0 Å². The first-order valence-electron chi connectivity index (χ1n) is 6.85. The van der Waals surface area contributed by atoms with Crippen LogP contribution in [0, 0.1) is 11.8 Å². The standard InChI is InChI=1S/C17H25N/c1-3-10-15(4-2)17-13-8-7-12-16(17)11-6-5-9-14-18/h3,5-10,12,14-15,17H,4,11,13,18H2,1-2H3/b6-5-,10-3?,14-9-. The fourth-order valence-electron chi connectivity index (χ4n) is 2.51. The smallest absolute Gasteiger partial charge is 0.00625 e. The molecule has 0 heterocycles. The highest BCUT2D eigenvalue weighted by Crippen LogP contribution is 2.33. The Morgan fingerprint density at radius 1 is 1.44 bits per heavy atom. The van der Waals surface area contributed by atoms with Crippen molar-refractivity contribution < 1.29 is 0 Å². The Morgan fingerprint density at radius 3 is 2.94 bits per heavy atom. The second kappa shape index (κ2) is 8.57.